The number of primary amides is 2. The highest BCUT2D eigenvalue weighted by atomic mass is 32.1. The summed E-state index contributed by atoms with van der Waals surface area (Å²) in [5.74, 6) is -0.802. The maximum Gasteiger partial charge on any atom is 0.263 e. The first-order valence-corrected chi connectivity index (χ1v) is 7.22. The van der Waals surface area contributed by atoms with E-state index in [0.717, 1.165) is 11.3 Å². The van der Waals surface area contributed by atoms with Gasteiger partial charge in [0.2, 0.25) is 5.91 Å². The summed E-state index contributed by atoms with van der Waals surface area (Å²) >= 11 is 1.08. The van der Waals surface area contributed by atoms with Crippen LogP contribution in [0.15, 0.2) is 4.79 Å². The second kappa shape index (κ2) is 5.28. The first-order valence-electron chi connectivity index (χ1n) is 6.40. The van der Waals surface area contributed by atoms with Crippen molar-refractivity contribution in [2.24, 2.45) is 11.5 Å². The number of hydrogen-bond acceptors (Lipinski definition) is 5. The van der Waals surface area contributed by atoms with Crippen LogP contribution in [0.2, 0.25) is 0 Å². The second-order valence-corrected chi connectivity index (χ2v) is 5.76. The smallest absolute Gasteiger partial charge is 0.263 e. The Bertz CT molecular complexity index is 806. The SMILES string of the molecule is CCC(C(N)=O)n1c(C)nc2sc(C(N)=O)c(C)c2c1=O. The average molecular weight is 308 g/mol. The predicted molar refractivity (Wildman–Crippen MR) is 80.4 cm³/mol. The number of fused-ring (bicyclic) bond motifs is 1. The molecule has 0 aromatic carbocycles. The normalized spacial score (nSPS) is 12.5. The van der Waals surface area contributed by atoms with Crippen molar-refractivity contribution in [3.8, 4) is 0 Å². The van der Waals surface area contributed by atoms with Crippen LogP contribution in [-0.4, -0.2) is 21.4 Å². The van der Waals surface area contributed by atoms with Crippen molar-refractivity contribution < 1.29 is 9.59 Å². The molecule has 1 atom stereocenters. The van der Waals surface area contributed by atoms with Crippen molar-refractivity contribution >= 4 is 33.4 Å². The molecule has 0 radical (unpaired) electrons. The molecule has 0 fully saturated rings. The number of amides is 2. The molecule has 112 valence electrons. The van der Waals surface area contributed by atoms with Gasteiger partial charge in [-0.25, -0.2) is 4.98 Å². The molecule has 2 aromatic rings. The van der Waals surface area contributed by atoms with Gasteiger partial charge in [0.15, 0.2) is 0 Å². The van der Waals surface area contributed by atoms with Gasteiger partial charge < -0.3 is 11.5 Å². The van der Waals surface area contributed by atoms with Gasteiger partial charge in [-0.15, -0.1) is 11.3 Å². The number of aromatic nitrogens is 2. The highest BCUT2D eigenvalue weighted by Gasteiger charge is 2.24. The first kappa shape index (κ1) is 15.2. The van der Waals surface area contributed by atoms with E-state index in [4.69, 9.17) is 11.5 Å². The van der Waals surface area contributed by atoms with Crippen molar-refractivity contribution in [1.82, 2.24) is 9.55 Å². The summed E-state index contributed by atoms with van der Waals surface area (Å²) in [4.78, 5) is 40.7. The molecule has 0 saturated heterocycles. The third kappa shape index (κ3) is 2.31. The molecular formula is C13H16N4O3S. The maximum absolute atomic E-state index is 12.7. The lowest BCUT2D eigenvalue weighted by molar-refractivity contribution is -0.121. The van der Waals surface area contributed by atoms with E-state index in [-0.39, 0.29) is 5.56 Å². The van der Waals surface area contributed by atoms with E-state index in [9.17, 15) is 14.4 Å². The Morgan fingerprint density at radius 1 is 1.33 bits per heavy atom. The minimum absolute atomic E-state index is 0.305. The molecule has 0 aliphatic heterocycles. The van der Waals surface area contributed by atoms with E-state index in [1.54, 1.807) is 20.8 Å². The summed E-state index contributed by atoms with van der Waals surface area (Å²) in [5.41, 5.74) is 10.8. The summed E-state index contributed by atoms with van der Waals surface area (Å²) in [6, 6.07) is -0.759. The van der Waals surface area contributed by atoms with Crippen LogP contribution in [0, 0.1) is 13.8 Å². The lowest BCUT2D eigenvalue weighted by Gasteiger charge is -2.17. The van der Waals surface area contributed by atoms with Gasteiger partial charge >= 0.3 is 0 Å². The van der Waals surface area contributed by atoms with Gasteiger partial charge in [-0.2, -0.15) is 0 Å². The van der Waals surface area contributed by atoms with E-state index in [0.29, 0.717) is 32.9 Å². The number of nitrogens with zero attached hydrogens (tertiary/aromatic N) is 2. The molecule has 1 unspecified atom stereocenters. The van der Waals surface area contributed by atoms with Crippen molar-refractivity contribution in [2.75, 3.05) is 0 Å². The number of thiophene rings is 1. The largest absolute Gasteiger partial charge is 0.368 e. The Morgan fingerprint density at radius 3 is 2.43 bits per heavy atom. The summed E-state index contributed by atoms with van der Waals surface area (Å²) < 4.78 is 1.29. The van der Waals surface area contributed by atoms with E-state index in [1.807, 2.05) is 0 Å². The van der Waals surface area contributed by atoms with E-state index < -0.39 is 17.9 Å². The monoisotopic (exact) mass is 308 g/mol. The van der Waals surface area contributed by atoms with E-state index >= 15 is 0 Å². The Labute approximate surface area is 124 Å². The Balaban J connectivity index is 2.87. The van der Waals surface area contributed by atoms with Crippen molar-refractivity contribution in [3.05, 3.63) is 26.6 Å². The van der Waals surface area contributed by atoms with Gasteiger partial charge in [0.05, 0.1) is 10.3 Å². The zero-order chi connectivity index (χ0) is 15.9. The highest BCUT2D eigenvalue weighted by Crippen LogP contribution is 2.27. The van der Waals surface area contributed by atoms with Gasteiger partial charge in [-0.3, -0.25) is 19.0 Å². The third-order valence-corrected chi connectivity index (χ3v) is 4.62. The summed E-state index contributed by atoms with van der Waals surface area (Å²) in [7, 11) is 0. The average Bonchev–Trinajstić information content (AvgIpc) is 2.71. The second-order valence-electron chi connectivity index (χ2n) is 4.76. The molecule has 0 aliphatic rings. The number of aryl methyl sites for hydroxylation is 2. The van der Waals surface area contributed by atoms with Gasteiger partial charge in [-0.05, 0) is 25.8 Å². The fraction of sp³-hybridized carbons (Fsp3) is 0.385. The van der Waals surface area contributed by atoms with Crippen LogP contribution in [0.25, 0.3) is 10.2 Å². The number of rotatable bonds is 4. The number of hydrogen-bond donors (Lipinski definition) is 2. The lowest BCUT2D eigenvalue weighted by Crippen LogP contribution is -2.35. The molecule has 21 heavy (non-hydrogen) atoms. The molecule has 2 amide bonds. The first-order chi connectivity index (χ1) is 9.79. The van der Waals surface area contributed by atoms with Gasteiger partial charge in [-0.1, -0.05) is 6.92 Å². The zero-order valence-corrected chi connectivity index (χ0v) is 12.8. The number of carbonyl (C=O) groups excluding carboxylic acids is 2. The van der Waals surface area contributed by atoms with E-state index in [2.05, 4.69) is 4.98 Å². The predicted octanol–water partition coefficient (Wildman–Crippen LogP) is 0.610. The van der Waals surface area contributed by atoms with Crippen LogP contribution < -0.4 is 17.0 Å². The van der Waals surface area contributed by atoms with Crippen molar-refractivity contribution in [1.29, 1.82) is 0 Å². The Kier molecular flexibility index (Phi) is 3.82. The maximum atomic E-state index is 12.7. The quantitative estimate of drug-likeness (QED) is 0.859. The lowest BCUT2D eigenvalue weighted by atomic mass is 10.1. The number of carbonyl (C=O) groups is 2. The molecule has 0 aliphatic carbocycles. The van der Waals surface area contributed by atoms with Crippen LogP contribution in [0.3, 0.4) is 0 Å². The Hall–Kier alpha value is -2.22. The molecule has 0 spiro atoms. The minimum atomic E-state index is -0.759. The van der Waals surface area contributed by atoms with Crippen LogP contribution in [0.5, 0.6) is 0 Å². The summed E-state index contributed by atoms with van der Waals surface area (Å²) in [6.45, 7) is 5.04. The fourth-order valence-corrected chi connectivity index (χ4v) is 3.48. The summed E-state index contributed by atoms with van der Waals surface area (Å²) in [6.07, 6.45) is 0.384. The summed E-state index contributed by atoms with van der Waals surface area (Å²) in [5, 5.41) is 0.319. The van der Waals surface area contributed by atoms with E-state index in [1.165, 1.54) is 4.57 Å². The standard InChI is InChI=1S/C13H16N4O3S/c1-4-7(10(14)18)17-6(3)16-12-8(13(17)20)5(2)9(21-12)11(15)19/h7H,4H2,1-3H3,(H2,14,18)(H2,15,19). The highest BCUT2D eigenvalue weighted by molar-refractivity contribution is 7.20. The zero-order valence-electron chi connectivity index (χ0n) is 12.0. The molecule has 2 rings (SSSR count). The number of nitrogens with two attached hydrogens (primary N) is 2. The molecule has 7 nitrogen and oxygen atoms in total. The molecule has 2 heterocycles. The molecule has 4 N–H and O–H groups in total. The molecular weight excluding hydrogens is 292 g/mol. The van der Waals surface area contributed by atoms with Gasteiger partial charge in [0.25, 0.3) is 11.5 Å². The van der Waals surface area contributed by atoms with Crippen molar-refractivity contribution in [3.63, 3.8) is 0 Å². The Morgan fingerprint density at radius 2 is 1.95 bits per heavy atom. The topological polar surface area (TPSA) is 121 Å². The van der Waals surface area contributed by atoms with Crippen LogP contribution in [0.4, 0.5) is 0 Å². The third-order valence-electron chi connectivity index (χ3n) is 3.42. The van der Waals surface area contributed by atoms with Crippen LogP contribution >= 0.6 is 11.3 Å². The minimum Gasteiger partial charge on any atom is -0.368 e. The fourth-order valence-electron chi connectivity index (χ4n) is 2.41. The molecule has 0 saturated carbocycles. The van der Waals surface area contributed by atoms with Crippen molar-refractivity contribution in [2.45, 2.75) is 33.2 Å². The van der Waals surface area contributed by atoms with Gasteiger partial charge in [0, 0.05) is 0 Å². The molecule has 8 heteroatoms. The van der Waals surface area contributed by atoms with Gasteiger partial charge in [0.1, 0.15) is 16.7 Å². The van der Waals surface area contributed by atoms with Crippen LogP contribution in [-0.2, 0) is 4.79 Å². The molecule has 2 aromatic heterocycles. The van der Waals surface area contributed by atoms with Crippen LogP contribution in [0.1, 0.15) is 40.4 Å². The molecule has 0 bridgehead atoms.